The van der Waals surface area contributed by atoms with Gasteiger partial charge in [0.05, 0.1) is 29.6 Å². The molecule has 0 saturated heterocycles. The molecule has 0 aliphatic carbocycles. The Morgan fingerprint density at radius 3 is 2.44 bits per heavy atom. The molecule has 0 unspecified atom stereocenters. The van der Waals surface area contributed by atoms with Gasteiger partial charge in [-0.15, -0.1) is 0 Å². The van der Waals surface area contributed by atoms with Crippen LogP contribution in [0.15, 0.2) is 60.9 Å². The van der Waals surface area contributed by atoms with Gasteiger partial charge < -0.3 is 15.4 Å². The van der Waals surface area contributed by atoms with E-state index in [0.717, 1.165) is 17.8 Å². The second-order valence-electron chi connectivity index (χ2n) is 5.94. The van der Waals surface area contributed by atoms with Crippen molar-refractivity contribution in [3.8, 4) is 5.75 Å². The number of carbonyl (C=O) groups excluding carboxylic acids is 1. The van der Waals surface area contributed by atoms with Gasteiger partial charge in [-0.25, -0.2) is 0 Å². The van der Waals surface area contributed by atoms with Crippen LogP contribution in [0.25, 0.3) is 0 Å². The van der Waals surface area contributed by atoms with Crippen molar-refractivity contribution in [2.45, 2.75) is 13.3 Å². The zero-order chi connectivity index (χ0) is 19.2. The quantitative estimate of drug-likeness (QED) is 0.608. The zero-order valence-corrected chi connectivity index (χ0v) is 15.9. The summed E-state index contributed by atoms with van der Waals surface area (Å²) in [6.45, 7) is 2.09. The van der Waals surface area contributed by atoms with E-state index in [2.05, 4.69) is 22.5 Å². The molecule has 0 aliphatic heterocycles. The Balaban J connectivity index is 1.72. The third kappa shape index (κ3) is 4.77. The van der Waals surface area contributed by atoms with Crippen LogP contribution in [0.2, 0.25) is 5.02 Å². The molecule has 3 rings (SSSR count). The predicted molar refractivity (Wildman–Crippen MR) is 109 cm³/mol. The second-order valence-corrected chi connectivity index (χ2v) is 6.35. The second kappa shape index (κ2) is 8.56. The van der Waals surface area contributed by atoms with Gasteiger partial charge in [-0.2, -0.15) is 0 Å². The number of amides is 1. The summed E-state index contributed by atoms with van der Waals surface area (Å²) in [5.74, 6) is 0.380. The number of aromatic nitrogens is 1. The number of rotatable bonds is 6. The lowest BCUT2D eigenvalue weighted by atomic mass is 10.1. The lowest BCUT2D eigenvalue weighted by molar-refractivity contribution is 0.102. The van der Waals surface area contributed by atoms with E-state index in [0.29, 0.717) is 22.0 Å². The Morgan fingerprint density at radius 2 is 1.78 bits per heavy atom. The van der Waals surface area contributed by atoms with Crippen LogP contribution in [0.1, 0.15) is 22.8 Å². The molecule has 3 aromatic rings. The number of aryl methyl sites for hydroxylation is 1. The van der Waals surface area contributed by atoms with E-state index in [4.69, 9.17) is 16.3 Å². The molecule has 5 nitrogen and oxygen atoms in total. The average molecular weight is 382 g/mol. The number of methoxy groups -OCH3 is 1. The molecule has 0 spiro atoms. The number of hydrogen-bond donors (Lipinski definition) is 2. The number of halogens is 1. The lowest BCUT2D eigenvalue weighted by Crippen LogP contribution is -2.12. The third-order valence-corrected chi connectivity index (χ3v) is 4.36. The maximum Gasteiger partial charge on any atom is 0.257 e. The number of benzene rings is 2. The van der Waals surface area contributed by atoms with Crippen molar-refractivity contribution in [1.82, 2.24) is 4.98 Å². The first-order valence-corrected chi connectivity index (χ1v) is 8.92. The Kier molecular flexibility index (Phi) is 5.94. The van der Waals surface area contributed by atoms with Gasteiger partial charge in [0.15, 0.2) is 0 Å². The van der Waals surface area contributed by atoms with E-state index < -0.39 is 0 Å². The van der Waals surface area contributed by atoms with Crippen molar-refractivity contribution in [2.75, 3.05) is 17.7 Å². The normalized spacial score (nSPS) is 10.3. The molecular formula is C21H20ClN3O2. The zero-order valence-electron chi connectivity index (χ0n) is 15.1. The van der Waals surface area contributed by atoms with E-state index in [9.17, 15) is 4.79 Å². The highest BCUT2D eigenvalue weighted by Gasteiger charge is 2.09. The van der Waals surface area contributed by atoms with Crippen molar-refractivity contribution in [3.05, 3.63) is 77.1 Å². The van der Waals surface area contributed by atoms with Crippen molar-refractivity contribution in [2.24, 2.45) is 0 Å². The van der Waals surface area contributed by atoms with Crippen LogP contribution in [0.3, 0.4) is 0 Å². The summed E-state index contributed by atoms with van der Waals surface area (Å²) in [7, 11) is 1.57. The minimum Gasteiger partial charge on any atom is -0.495 e. The first-order chi connectivity index (χ1) is 13.1. The van der Waals surface area contributed by atoms with E-state index in [-0.39, 0.29) is 5.91 Å². The first kappa shape index (κ1) is 18.7. The van der Waals surface area contributed by atoms with Gasteiger partial charge in [0.1, 0.15) is 5.75 Å². The van der Waals surface area contributed by atoms with Gasteiger partial charge in [0.25, 0.3) is 5.91 Å². The predicted octanol–water partition coefficient (Wildman–Crippen LogP) is 5.30. The lowest BCUT2D eigenvalue weighted by Gasteiger charge is -2.10. The largest absolute Gasteiger partial charge is 0.495 e. The molecule has 0 fully saturated rings. The fourth-order valence-electron chi connectivity index (χ4n) is 2.57. The van der Waals surface area contributed by atoms with Crippen LogP contribution in [0.5, 0.6) is 5.75 Å². The minimum atomic E-state index is -0.219. The van der Waals surface area contributed by atoms with Crippen LogP contribution < -0.4 is 15.4 Å². The summed E-state index contributed by atoms with van der Waals surface area (Å²) < 4.78 is 5.15. The van der Waals surface area contributed by atoms with Gasteiger partial charge in [-0.05, 0) is 48.4 Å². The van der Waals surface area contributed by atoms with Crippen LogP contribution >= 0.6 is 11.6 Å². The molecule has 1 amide bonds. The van der Waals surface area contributed by atoms with Gasteiger partial charge in [0.2, 0.25) is 0 Å². The highest BCUT2D eigenvalue weighted by molar-refractivity contribution is 6.32. The summed E-state index contributed by atoms with van der Waals surface area (Å²) in [5, 5.41) is 6.57. The molecule has 27 heavy (non-hydrogen) atoms. The molecule has 0 saturated carbocycles. The van der Waals surface area contributed by atoms with Crippen molar-refractivity contribution in [1.29, 1.82) is 0 Å². The van der Waals surface area contributed by atoms with Gasteiger partial charge in [0, 0.05) is 17.6 Å². The fourth-order valence-corrected chi connectivity index (χ4v) is 2.83. The Bertz CT molecular complexity index is 942. The number of nitrogens with zero attached hydrogens (tertiary/aromatic N) is 1. The van der Waals surface area contributed by atoms with E-state index in [1.807, 2.05) is 30.3 Å². The molecule has 2 N–H and O–H groups in total. The number of carbonyl (C=O) groups is 1. The SMILES string of the molecule is CCc1ccc(NC(=O)c2cncc(Nc3ccc(OC)c(Cl)c3)c2)cc1. The van der Waals surface area contributed by atoms with Gasteiger partial charge >= 0.3 is 0 Å². The van der Waals surface area contributed by atoms with E-state index >= 15 is 0 Å². The Morgan fingerprint density at radius 1 is 1.04 bits per heavy atom. The minimum absolute atomic E-state index is 0.219. The monoisotopic (exact) mass is 381 g/mol. The van der Waals surface area contributed by atoms with Gasteiger partial charge in [-0.1, -0.05) is 30.7 Å². The summed E-state index contributed by atoms with van der Waals surface area (Å²) >= 11 is 6.14. The smallest absolute Gasteiger partial charge is 0.257 e. The number of pyridine rings is 1. The van der Waals surface area contributed by atoms with Gasteiger partial charge in [-0.3, -0.25) is 9.78 Å². The fraction of sp³-hybridized carbons (Fsp3) is 0.143. The highest BCUT2D eigenvalue weighted by atomic mass is 35.5. The third-order valence-electron chi connectivity index (χ3n) is 4.06. The van der Waals surface area contributed by atoms with Crippen LogP contribution in [0.4, 0.5) is 17.1 Å². The molecule has 6 heteroatoms. The Labute approximate surface area is 163 Å². The standard InChI is InChI=1S/C21H20ClN3O2/c1-3-14-4-6-16(7-5-14)25-21(26)15-10-18(13-23-12-15)24-17-8-9-20(27-2)19(22)11-17/h4-13,24H,3H2,1-2H3,(H,25,26). The van der Waals surface area contributed by atoms with Crippen molar-refractivity contribution < 1.29 is 9.53 Å². The number of ether oxygens (including phenoxy) is 1. The maximum atomic E-state index is 12.5. The average Bonchev–Trinajstić information content (AvgIpc) is 2.69. The Hall–Kier alpha value is -3.05. The van der Waals surface area contributed by atoms with Crippen molar-refractivity contribution >= 4 is 34.6 Å². The summed E-state index contributed by atoms with van der Waals surface area (Å²) in [5.41, 5.74) is 3.89. The van der Waals surface area contributed by atoms with E-state index in [1.54, 1.807) is 31.5 Å². The molecule has 0 bridgehead atoms. The van der Waals surface area contributed by atoms with E-state index in [1.165, 1.54) is 11.8 Å². The molecule has 0 atom stereocenters. The molecule has 0 aliphatic rings. The van der Waals surface area contributed by atoms with Crippen molar-refractivity contribution in [3.63, 3.8) is 0 Å². The molecule has 1 aromatic heterocycles. The molecule has 2 aromatic carbocycles. The molecular weight excluding hydrogens is 362 g/mol. The maximum absolute atomic E-state index is 12.5. The number of hydrogen-bond acceptors (Lipinski definition) is 4. The topological polar surface area (TPSA) is 63.2 Å². The number of nitrogens with one attached hydrogen (secondary N) is 2. The molecule has 1 heterocycles. The highest BCUT2D eigenvalue weighted by Crippen LogP contribution is 2.28. The van der Waals surface area contributed by atoms with Crippen LogP contribution in [0, 0.1) is 0 Å². The summed E-state index contributed by atoms with van der Waals surface area (Å²) in [4.78, 5) is 16.6. The van der Waals surface area contributed by atoms with Crippen LogP contribution in [-0.4, -0.2) is 18.0 Å². The molecule has 138 valence electrons. The number of anilines is 3. The molecule has 0 radical (unpaired) electrons. The summed E-state index contributed by atoms with van der Waals surface area (Å²) in [6.07, 6.45) is 4.13. The summed E-state index contributed by atoms with van der Waals surface area (Å²) in [6, 6.07) is 14.9. The first-order valence-electron chi connectivity index (χ1n) is 8.55. The van der Waals surface area contributed by atoms with Crippen LogP contribution in [-0.2, 0) is 6.42 Å².